The maximum atomic E-state index is 5.37. The first-order valence-electron chi connectivity index (χ1n) is 7.64. The summed E-state index contributed by atoms with van der Waals surface area (Å²) in [4.78, 5) is 4.17. The Bertz CT molecular complexity index is 419. The minimum absolute atomic E-state index is 0. The Kier molecular flexibility index (Phi) is 12.2. The van der Waals surface area contributed by atoms with Crippen LogP contribution in [0.3, 0.4) is 0 Å². The van der Waals surface area contributed by atoms with Gasteiger partial charge in [-0.1, -0.05) is 19.0 Å². The van der Waals surface area contributed by atoms with Crippen molar-refractivity contribution in [2.45, 2.75) is 45.6 Å². The Labute approximate surface area is 150 Å². The molecule has 0 saturated heterocycles. The maximum absolute atomic E-state index is 5.37. The van der Waals surface area contributed by atoms with Crippen LogP contribution in [0.15, 0.2) is 15.6 Å². The molecule has 2 N–H and O–H groups in total. The second-order valence-corrected chi connectivity index (χ2v) is 4.93. The monoisotopic (exact) mass is 424 g/mol. The molecule has 0 spiro atoms. The van der Waals surface area contributed by atoms with E-state index in [1.807, 2.05) is 6.07 Å². The van der Waals surface area contributed by atoms with Crippen molar-refractivity contribution in [2.75, 3.05) is 27.3 Å². The van der Waals surface area contributed by atoms with Gasteiger partial charge < -0.3 is 19.9 Å². The van der Waals surface area contributed by atoms with Crippen LogP contribution in [0.2, 0.25) is 0 Å². The lowest BCUT2D eigenvalue weighted by molar-refractivity contribution is 0.195. The van der Waals surface area contributed by atoms with E-state index >= 15 is 0 Å². The molecule has 1 aromatic rings. The Morgan fingerprint density at radius 1 is 1.36 bits per heavy atom. The maximum Gasteiger partial charge on any atom is 0.191 e. The normalized spacial score (nSPS) is 11.4. The lowest BCUT2D eigenvalue weighted by Crippen LogP contribution is -2.37. The summed E-state index contributed by atoms with van der Waals surface area (Å²) in [5, 5.41) is 10.6. The van der Waals surface area contributed by atoms with E-state index in [0.717, 1.165) is 49.8 Å². The average Bonchev–Trinajstić information content (AvgIpc) is 2.97. The molecule has 0 saturated carbocycles. The standard InChI is InChI=1S/C15H28N4O2.HI/c1-5-12(6-2)14-10-13(21-19-14)11-18-15(16-3)17-8-7-9-20-4;/h10,12H,5-9,11H2,1-4H3,(H2,16,17,18);1H. The zero-order valence-electron chi connectivity index (χ0n) is 14.0. The highest BCUT2D eigenvalue weighted by Crippen LogP contribution is 2.22. The van der Waals surface area contributed by atoms with Crippen LogP contribution >= 0.6 is 24.0 Å². The third-order valence-corrected chi connectivity index (χ3v) is 3.45. The smallest absolute Gasteiger partial charge is 0.191 e. The van der Waals surface area contributed by atoms with E-state index in [-0.39, 0.29) is 24.0 Å². The number of hydrogen-bond donors (Lipinski definition) is 2. The Morgan fingerprint density at radius 3 is 2.68 bits per heavy atom. The third kappa shape index (κ3) is 7.44. The SMILES string of the molecule is CCC(CC)c1cc(CNC(=NC)NCCCOC)on1.I. The molecule has 0 fully saturated rings. The van der Waals surface area contributed by atoms with Crippen LogP contribution in [-0.2, 0) is 11.3 Å². The van der Waals surface area contributed by atoms with Crippen molar-refractivity contribution < 1.29 is 9.26 Å². The summed E-state index contributed by atoms with van der Waals surface area (Å²) in [7, 11) is 3.45. The highest BCUT2D eigenvalue weighted by Gasteiger charge is 2.12. The topological polar surface area (TPSA) is 71.7 Å². The first-order chi connectivity index (χ1) is 10.2. The second-order valence-electron chi connectivity index (χ2n) is 4.93. The van der Waals surface area contributed by atoms with E-state index in [0.29, 0.717) is 12.5 Å². The van der Waals surface area contributed by atoms with Gasteiger partial charge in [-0.3, -0.25) is 4.99 Å². The largest absolute Gasteiger partial charge is 0.385 e. The van der Waals surface area contributed by atoms with Crippen LogP contribution in [0.25, 0.3) is 0 Å². The molecule has 22 heavy (non-hydrogen) atoms. The molecule has 0 aliphatic rings. The van der Waals surface area contributed by atoms with Crippen molar-refractivity contribution in [3.05, 3.63) is 17.5 Å². The molecule has 0 atom stereocenters. The molecule has 1 rings (SSSR count). The van der Waals surface area contributed by atoms with Gasteiger partial charge in [-0.2, -0.15) is 0 Å². The lowest BCUT2D eigenvalue weighted by atomic mass is 9.99. The molecule has 0 amide bonds. The molecule has 0 bridgehead atoms. The first kappa shape index (κ1) is 21.2. The zero-order valence-corrected chi connectivity index (χ0v) is 16.3. The molecule has 128 valence electrons. The molecular formula is C15H29IN4O2. The number of rotatable bonds is 9. The predicted octanol–water partition coefficient (Wildman–Crippen LogP) is 2.90. The minimum Gasteiger partial charge on any atom is -0.385 e. The van der Waals surface area contributed by atoms with Crippen LogP contribution in [-0.4, -0.2) is 38.4 Å². The number of nitrogens with zero attached hydrogens (tertiary/aromatic N) is 2. The molecule has 0 radical (unpaired) electrons. The summed E-state index contributed by atoms with van der Waals surface area (Å²) in [6, 6.07) is 2.03. The van der Waals surface area contributed by atoms with Crippen molar-refractivity contribution in [1.29, 1.82) is 0 Å². The Morgan fingerprint density at radius 2 is 2.09 bits per heavy atom. The quantitative estimate of drug-likeness (QED) is 0.276. The van der Waals surface area contributed by atoms with Crippen molar-refractivity contribution in [2.24, 2.45) is 4.99 Å². The van der Waals surface area contributed by atoms with Crippen LogP contribution < -0.4 is 10.6 Å². The van der Waals surface area contributed by atoms with Gasteiger partial charge in [0.05, 0.1) is 12.2 Å². The van der Waals surface area contributed by atoms with Crippen LogP contribution in [0.5, 0.6) is 0 Å². The van der Waals surface area contributed by atoms with Gasteiger partial charge in [0.25, 0.3) is 0 Å². The molecule has 1 aromatic heterocycles. The van der Waals surface area contributed by atoms with Crippen LogP contribution in [0.1, 0.15) is 50.5 Å². The molecule has 7 heteroatoms. The number of aliphatic imine (C=N–C) groups is 1. The number of hydrogen-bond acceptors (Lipinski definition) is 4. The second kappa shape index (κ2) is 12.7. The van der Waals surface area contributed by atoms with Crippen molar-refractivity contribution >= 4 is 29.9 Å². The highest BCUT2D eigenvalue weighted by atomic mass is 127. The van der Waals surface area contributed by atoms with Gasteiger partial charge in [-0.05, 0) is 19.3 Å². The van der Waals surface area contributed by atoms with Gasteiger partial charge in [0.2, 0.25) is 0 Å². The molecule has 0 aliphatic heterocycles. The summed E-state index contributed by atoms with van der Waals surface area (Å²) in [6.45, 7) is 6.49. The molecule has 0 unspecified atom stereocenters. The molecule has 0 aliphatic carbocycles. The highest BCUT2D eigenvalue weighted by molar-refractivity contribution is 14.0. The fraction of sp³-hybridized carbons (Fsp3) is 0.733. The fourth-order valence-corrected chi connectivity index (χ4v) is 2.13. The lowest BCUT2D eigenvalue weighted by Gasteiger charge is -2.10. The predicted molar refractivity (Wildman–Crippen MR) is 99.9 cm³/mol. The number of halogens is 1. The number of aromatic nitrogens is 1. The number of guanidine groups is 1. The number of ether oxygens (including phenoxy) is 1. The van der Waals surface area contributed by atoms with Crippen LogP contribution in [0.4, 0.5) is 0 Å². The van der Waals surface area contributed by atoms with Gasteiger partial charge in [0.1, 0.15) is 0 Å². The zero-order chi connectivity index (χ0) is 15.5. The van der Waals surface area contributed by atoms with Gasteiger partial charge in [-0.25, -0.2) is 0 Å². The summed E-state index contributed by atoms with van der Waals surface area (Å²) < 4.78 is 10.4. The van der Waals surface area contributed by atoms with E-state index in [4.69, 9.17) is 9.26 Å². The number of methoxy groups -OCH3 is 1. The molecule has 1 heterocycles. The van der Waals surface area contributed by atoms with Gasteiger partial charge in [0, 0.05) is 39.3 Å². The van der Waals surface area contributed by atoms with Crippen LogP contribution in [0, 0.1) is 0 Å². The van der Waals surface area contributed by atoms with Gasteiger partial charge in [0.15, 0.2) is 11.7 Å². The summed E-state index contributed by atoms with van der Waals surface area (Å²) in [6.07, 6.45) is 3.11. The van der Waals surface area contributed by atoms with E-state index in [2.05, 4.69) is 34.6 Å². The number of nitrogens with one attached hydrogen (secondary N) is 2. The van der Waals surface area contributed by atoms with E-state index in [1.165, 1.54) is 0 Å². The Balaban J connectivity index is 0.00000441. The van der Waals surface area contributed by atoms with Gasteiger partial charge >= 0.3 is 0 Å². The molecule has 6 nitrogen and oxygen atoms in total. The molecule has 0 aromatic carbocycles. The van der Waals surface area contributed by atoms with E-state index < -0.39 is 0 Å². The Hall–Kier alpha value is -0.830. The third-order valence-electron chi connectivity index (χ3n) is 3.45. The summed E-state index contributed by atoms with van der Waals surface area (Å²) in [5.41, 5.74) is 1.04. The van der Waals surface area contributed by atoms with Crippen molar-refractivity contribution in [3.8, 4) is 0 Å². The van der Waals surface area contributed by atoms with Gasteiger partial charge in [-0.15, -0.1) is 24.0 Å². The van der Waals surface area contributed by atoms with Crippen molar-refractivity contribution in [1.82, 2.24) is 15.8 Å². The van der Waals surface area contributed by atoms with E-state index in [9.17, 15) is 0 Å². The van der Waals surface area contributed by atoms with Crippen molar-refractivity contribution in [3.63, 3.8) is 0 Å². The average molecular weight is 424 g/mol. The minimum atomic E-state index is 0. The fourth-order valence-electron chi connectivity index (χ4n) is 2.13. The summed E-state index contributed by atoms with van der Waals surface area (Å²) >= 11 is 0. The first-order valence-corrected chi connectivity index (χ1v) is 7.64. The molecular weight excluding hydrogens is 395 g/mol. The van der Waals surface area contributed by atoms with E-state index in [1.54, 1.807) is 14.2 Å². The summed E-state index contributed by atoms with van der Waals surface area (Å²) in [5.74, 6) is 2.07.